The van der Waals surface area contributed by atoms with Gasteiger partial charge in [-0.05, 0) is 31.0 Å². The number of rotatable bonds is 0. The van der Waals surface area contributed by atoms with E-state index in [0.29, 0.717) is 13.0 Å². The number of hydrogen-bond donors (Lipinski definition) is 1. The first-order valence-electron chi connectivity index (χ1n) is 6.37. The molecule has 1 spiro atoms. The summed E-state index contributed by atoms with van der Waals surface area (Å²) in [6.45, 7) is 1.46. The maximum absolute atomic E-state index is 11.8. The predicted octanol–water partition coefficient (Wildman–Crippen LogP) is 1.54. The minimum atomic E-state index is -0.0227. The number of nitrogens with zero attached hydrogens (tertiary/aromatic N) is 1. The van der Waals surface area contributed by atoms with Gasteiger partial charge in [0.25, 0.3) is 0 Å². The average molecular weight is 246 g/mol. The van der Waals surface area contributed by atoms with Gasteiger partial charge in [-0.3, -0.25) is 4.79 Å². The maximum Gasteiger partial charge on any atom is 0.222 e. The second-order valence-electron chi connectivity index (χ2n) is 5.39. The molecular weight excluding hydrogens is 228 g/mol. The fraction of sp³-hybridized carbons (Fsp3) is 0.500. The molecule has 0 bridgehead atoms. The van der Waals surface area contributed by atoms with Crippen LogP contribution in [0, 0.1) is 0 Å². The number of carbonyl (C=O) groups excluding carboxylic acids is 1. The minimum Gasteiger partial charge on any atom is -0.492 e. The molecule has 0 saturated carbocycles. The lowest BCUT2D eigenvalue weighted by molar-refractivity contribution is -0.129. The van der Waals surface area contributed by atoms with Gasteiger partial charge in [-0.1, -0.05) is 0 Å². The van der Waals surface area contributed by atoms with E-state index >= 15 is 0 Å². The highest BCUT2D eigenvalue weighted by Crippen LogP contribution is 2.46. The Balaban J connectivity index is 1.98. The summed E-state index contributed by atoms with van der Waals surface area (Å²) in [5.41, 5.74) is 7.81. The van der Waals surface area contributed by atoms with Crippen LogP contribution in [-0.2, 0) is 10.2 Å². The molecule has 18 heavy (non-hydrogen) atoms. The minimum absolute atomic E-state index is 0.0227. The van der Waals surface area contributed by atoms with Gasteiger partial charge in [-0.2, -0.15) is 0 Å². The van der Waals surface area contributed by atoms with E-state index in [1.54, 1.807) is 0 Å². The highest BCUT2D eigenvalue weighted by Gasteiger charge is 2.42. The molecule has 2 N–H and O–H groups in total. The zero-order valence-electron chi connectivity index (χ0n) is 10.6. The molecule has 2 heterocycles. The molecule has 1 atom stereocenters. The van der Waals surface area contributed by atoms with E-state index in [4.69, 9.17) is 10.5 Å². The summed E-state index contributed by atoms with van der Waals surface area (Å²) in [6, 6.07) is 5.82. The Kier molecular flexibility index (Phi) is 2.47. The Morgan fingerprint density at radius 1 is 1.39 bits per heavy atom. The van der Waals surface area contributed by atoms with Crippen molar-refractivity contribution in [2.75, 3.05) is 25.9 Å². The molecule has 2 aliphatic heterocycles. The summed E-state index contributed by atoms with van der Waals surface area (Å²) in [6.07, 6.45) is 2.40. The quantitative estimate of drug-likeness (QED) is 0.706. The molecule has 1 unspecified atom stereocenters. The van der Waals surface area contributed by atoms with Crippen molar-refractivity contribution in [3.63, 3.8) is 0 Å². The van der Waals surface area contributed by atoms with E-state index in [9.17, 15) is 4.79 Å². The SMILES string of the molecule is CN1CCC2(CCC1=O)COc1ccc(N)cc12. The van der Waals surface area contributed by atoms with Crippen molar-refractivity contribution in [3.05, 3.63) is 23.8 Å². The van der Waals surface area contributed by atoms with Gasteiger partial charge in [-0.15, -0.1) is 0 Å². The molecule has 0 aromatic heterocycles. The van der Waals surface area contributed by atoms with Gasteiger partial charge in [0.05, 0.1) is 6.61 Å². The van der Waals surface area contributed by atoms with Crippen LogP contribution in [0.5, 0.6) is 5.75 Å². The van der Waals surface area contributed by atoms with Crippen LogP contribution in [0.25, 0.3) is 0 Å². The lowest BCUT2D eigenvalue weighted by Crippen LogP contribution is -2.30. The summed E-state index contributed by atoms with van der Waals surface area (Å²) in [4.78, 5) is 13.6. The molecule has 1 saturated heterocycles. The van der Waals surface area contributed by atoms with E-state index in [-0.39, 0.29) is 11.3 Å². The Morgan fingerprint density at radius 3 is 3.06 bits per heavy atom. The van der Waals surface area contributed by atoms with Gasteiger partial charge < -0.3 is 15.4 Å². The summed E-state index contributed by atoms with van der Waals surface area (Å²) in [5.74, 6) is 1.16. The Hall–Kier alpha value is -1.71. The van der Waals surface area contributed by atoms with Gasteiger partial charge in [-0.25, -0.2) is 0 Å². The monoisotopic (exact) mass is 246 g/mol. The molecule has 1 amide bonds. The highest BCUT2D eigenvalue weighted by atomic mass is 16.5. The third-order valence-electron chi connectivity index (χ3n) is 4.25. The molecule has 2 aliphatic rings. The van der Waals surface area contributed by atoms with Crippen molar-refractivity contribution in [1.82, 2.24) is 4.90 Å². The molecule has 1 aromatic rings. The molecule has 0 radical (unpaired) electrons. The standard InChI is InChI=1S/C14H18N2O2/c1-16-7-6-14(5-4-13(16)17)9-18-12-3-2-10(15)8-11(12)14/h2-3,8H,4-7,9,15H2,1H3. The summed E-state index contributed by atoms with van der Waals surface area (Å²) in [7, 11) is 1.87. The van der Waals surface area contributed by atoms with Gasteiger partial charge in [0.15, 0.2) is 0 Å². The fourth-order valence-electron chi connectivity index (χ4n) is 2.96. The number of benzene rings is 1. The Bertz CT molecular complexity index is 501. The summed E-state index contributed by atoms with van der Waals surface area (Å²) >= 11 is 0. The predicted molar refractivity (Wildman–Crippen MR) is 69.5 cm³/mol. The van der Waals surface area contributed by atoms with E-state index in [0.717, 1.165) is 30.8 Å². The van der Waals surface area contributed by atoms with Gasteiger partial charge in [0.2, 0.25) is 5.91 Å². The molecule has 1 aromatic carbocycles. The first-order valence-corrected chi connectivity index (χ1v) is 6.37. The number of nitrogen functional groups attached to an aromatic ring is 1. The van der Waals surface area contributed by atoms with Crippen LogP contribution in [0.3, 0.4) is 0 Å². The van der Waals surface area contributed by atoms with Crippen LogP contribution < -0.4 is 10.5 Å². The van der Waals surface area contributed by atoms with Crippen LogP contribution in [-0.4, -0.2) is 31.0 Å². The van der Waals surface area contributed by atoms with Crippen LogP contribution in [0.1, 0.15) is 24.8 Å². The van der Waals surface area contributed by atoms with Crippen molar-refractivity contribution in [1.29, 1.82) is 0 Å². The van der Waals surface area contributed by atoms with Crippen molar-refractivity contribution >= 4 is 11.6 Å². The average Bonchev–Trinajstić information content (AvgIpc) is 2.64. The Labute approximate surface area is 107 Å². The van der Waals surface area contributed by atoms with Crippen molar-refractivity contribution < 1.29 is 9.53 Å². The zero-order valence-corrected chi connectivity index (χ0v) is 10.6. The van der Waals surface area contributed by atoms with Crippen LogP contribution in [0.2, 0.25) is 0 Å². The van der Waals surface area contributed by atoms with Crippen molar-refractivity contribution in [2.45, 2.75) is 24.7 Å². The van der Waals surface area contributed by atoms with E-state index < -0.39 is 0 Å². The molecule has 1 fully saturated rings. The summed E-state index contributed by atoms with van der Waals surface area (Å²) in [5, 5.41) is 0. The lowest BCUT2D eigenvalue weighted by atomic mass is 9.76. The number of amides is 1. The van der Waals surface area contributed by atoms with Gasteiger partial charge in [0.1, 0.15) is 5.75 Å². The lowest BCUT2D eigenvalue weighted by Gasteiger charge is -2.26. The van der Waals surface area contributed by atoms with Crippen molar-refractivity contribution in [3.8, 4) is 5.75 Å². The first kappa shape index (κ1) is 11.4. The summed E-state index contributed by atoms with van der Waals surface area (Å²) < 4.78 is 5.79. The number of likely N-dealkylation sites (tertiary alicyclic amines) is 1. The number of hydrogen-bond acceptors (Lipinski definition) is 3. The highest BCUT2D eigenvalue weighted by molar-refractivity contribution is 5.76. The third kappa shape index (κ3) is 1.64. The molecular formula is C14H18N2O2. The molecule has 4 nitrogen and oxygen atoms in total. The smallest absolute Gasteiger partial charge is 0.222 e. The van der Waals surface area contributed by atoms with Crippen LogP contribution in [0.4, 0.5) is 5.69 Å². The number of ether oxygens (including phenoxy) is 1. The molecule has 0 aliphatic carbocycles. The van der Waals surface area contributed by atoms with Crippen LogP contribution in [0.15, 0.2) is 18.2 Å². The first-order chi connectivity index (χ1) is 8.61. The molecule has 96 valence electrons. The molecule has 4 heteroatoms. The van der Waals surface area contributed by atoms with E-state index in [2.05, 4.69) is 0 Å². The second kappa shape index (κ2) is 3.90. The van der Waals surface area contributed by atoms with E-state index in [1.165, 1.54) is 5.56 Å². The third-order valence-corrected chi connectivity index (χ3v) is 4.25. The number of carbonyl (C=O) groups is 1. The number of nitrogens with two attached hydrogens (primary N) is 1. The number of anilines is 1. The van der Waals surface area contributed by atoms with E-state index in [1.807, 2.05) is 30.1 Å². The normalized spacial score (nSPS) is 26.9. The largest absolute Gasteiger partial charge is 0.492 e. The topological polar surface area (TPSA) is 55.6 Å². The van der Waals surface area contributed by atoms with Crippen LogP contribution >= 0.6 is 0 Å². The maximum atomic E-state index is 11.8. The number of fused-ring (bicyclic) bond motifs is 2. The molecule has 3 rings (SSSR count). The second-order valence-corrected chi connectivity index (χ2v) is 5.39. The van der Waals surface area contributed by atoms with Gasteiger partial charge in [0, 0.05) is 36.7 Å². The fourth-order valence-corrected chi connectivity index (χ4v) is 2.96. The Morgan fingerprint density at radius 2 is 2.22 bits per heavy atom. The van der Waals surface area contributed by atoms with Gasteiger partial charge >= 0.3 is 0 Å². The van der Waals surface area contributed by atoms with Crippen molar-refractivity contribution in [2.24, 2.45) is 0 Å². The zero-order chi connectivity index (χ0) is 12.8.